The van der Waals surface area contributed by atoms with Gasteiger partial charge in [0.25, 0.3) is 11.8 Å². The lowest BCUT2D eigenvalue weighted by Crippen LogP contribution is -2.21. The van der Waals surface area contributed by atoms with Crippen molar-refractivity contribution < 1.29 is 19.1 Å². The third-order valence-electron chi connectivity index (χ3n) is 5.03. The van der Waals surface area contributed by atoms with Crippen molar-refractivity contribution in [3.05, 3.63) is 89.0 Å². The van der Waals surface area contributed by atoms with Crippen molar-refractivity contribution in [3.8, 4) is 17.6 Å². The summed E-state index contributed by atoms with van der Waals surface area (Å²) in [5.41, 5.74) is 3.65. The summed E-state index contributed by atoms with van der Waals surface area (Å²) in [5.74, 6) is 0.199. The summed E-state index contributed by atoms with van der Waals surface area (Å²) in [6.45, 7) is 6.07. The second-order valence-corrected chi connectivity index (χ2v) is 7.77. The minimum Gasteiger partial charge on any atom is -0.494 e. The van der Waals surface area contributed by atoms with Crippen LogP contribution in [0.15, 0.2) is 72.3 Å². The molecule has 2 N–H and O–H groups in total. The Morgan fingerprint density at radius 3 is 2.43 bits per heavy atom. The Bertz CT molecular complexity index is 1270. The van der Waals surface area contributed by atoms with E-state index in [2.05, 4.69) is 10.6 Å². The zero-order valence-corrected chi connectivity index (χ0v) is 19.9. The highest BCUT2D eigenvalue weighted by Crippen LogP contribution is 2.23. The number of ether oxygens (including phenoxy) is 2. The zero-order chi connectivity index (χ0) is 25.2. The summed E-state index contributed by atoms with van der Waals surface area (Å²) in [6, 6.07) is 21.5. The summed E-state index contributed by atoms with van der Waals surface area (Å²) in [7, 11) is 0. The SMILES string of the molecule is CCOc1ccc(NC(=O)/C(C#N)=C/c2ccccc2OCC(=O)Nc2cc(C)ccc2C)cc1. The van der Waals surface area contributed by atoms with Gasteiger partial charge in [-0.05, 0) is 74.4 Å². The Kier molecular flexibility index (Phi) is 8.63. The molecule has 0 radical (unpaired) electrons. The maximum Gasteiger partial charge on any atom is 0.266 e. The molecule has 3 rings (SSSR count). The van der Waals surface area contributed by atoms with Gasteiger partial charge in [-0.15, -0.1) is 0 Å². The highest BCUT2D eigenvalue weighted by Gasteiger charge is 2.13. The maximum atomic E-state index is 12.7. The van der Waals surface area contributed by atoms with E-state index in [1.807, 2.05) is 45.0 Å². The second-order valence-electron chi connectivity index (χ2n) is 7.77. The highest BCUT2D eigenvalue weighted by atomic mass is 16.5. The molecule has 0 saturated heterocycles. The fourth-order valence-corrected chi connectivity index (χ4v) is 3.24. The molecule has 0 spiro atoms. The molecule has 7 nitrogen and oxygen atoms in total. The number of hydrogen-bond acceptors (Lipinski definition) is 5. The molecule has 0 bridgehead atoms. The minimum atomic E-state index is -0.556. The molecule has 0 heterocycles. The van der Waals surface area contributed by atoms with Gasteiger partial charge in [0.05, 0.1) is 6.61 Å². The fraction of sp³-hybridized carbons (Fsp3) is 0.179. The van der Waals surface area contributed by atoms with E-state index in [0.717, 1.165) is 16.8 Å². The normalized spacial score (nSPS) is 10.7. The molecule has 35 heavy (non-hydrogen) atoms. The Hall–Kier alpha value is -4.57. The van der Waals surface area contributed by atoms with Gasteiger partial charge in [-0.3, -0.25) is 9.59 Å². The van der Waals surface area contributed by atoms with Gasteiger partial charge in [0.1, 0.15) is 23.1 Å². The van der Waals surface area contributed by atoms with E-state index in [-0.39, 0.29) is 18.1 Å². The molecule has 7 heteroatoms. The van der Waals surface area contributed by atoms with E-state index in [0.29, 0.717) is 29.4 Å². The molecule has 0 unspecified atom stereocenters. The Morgan fingerprint density at radius 2 is 1.71 bits per heavy atom. The highest BCUT2D eigenvalue weighted by molar-refractivity contribution is 6.09. The van der Waals surface area contributed by atoms with Gasteiger partial charge in [-0.25, -0.2) is 0 Å². The number of para-hydroxylation sites is 1. The third kappa shape index (κ3) is 7.21. The summed E-state index contributed by atoms with van der Waals surface area (Å²) in [5, 5.41) is 15.1. The smallest absolute Gasteiger partial charge is 0.266 e. The molecular formula is C28H27N3O4. The van der Waals surface area contributed by atoms with Crippen LogP contribution >= 0.6 is 0 Å². The van der Waals surface area contributed by atoms with Crippen LogP contribution < -0.4 is 20.1 Å². The number of nitrogens with zero attached hydrogens (tertiary/aromatic N) is 1. The van der Waals surface area contributed by atoms with Crippen LogP contribution in [0, 0.1) is 25.2 Å². The fourth-order valence-electron chi connectivity index (χ4n) is 3.24. The number of amides is 2. The summed E-state index contributed by atoms with van der Waals surface area (Å²) < 4.78 is 11.1. The molecule has 2 amide bonds. The van der Waals surface area contributed by atoms with Gasteiger partial charge >= 0.3 is 0 Å². The monoisotopic (exact) mass is 469 g/mol. The van der Waals surface area contributed by atoms with Crippen LogP contribution in [0.25, 0.3) is 6.08 Å². The second kappa shape index (κ2) is 12.1. The van der Waals surface area contributed by atoms with Crippen molar-refractivity contribution in [2.45, 2.75) is 20.8 Å². The maximum absolute atomic E-state index is 12.7. The quantitative estimate of drug-likeness (QED) is 0.329. The first-order valence-electron chi connectivity index (χ1n) is 11.1. The Labute approximate surface area is 205 Å². The van der Waals surface area contributed by atoms with Crippen LogP contribution in [-0.4, -0.2) is 25.0 Å². The largest absolute Gasteiger partial charge is 0.494 e. The van der Waals surface area contributed by atoms with Crippen molar-refractivity contribution in [1.29, 1.82) is 5.26 Å². The van der Waals surface area contributed by atoms with Crippen LogP contribution in [-0.2, 0) is 9.59 Å². The van der Waals surface area contributed by atoms with Crippen LogP contribution in [0.3, 0.4) is 0 Å². The topological polar surface area (TPSA) is 100 Å². The Morgan fingerprint density at radius 1 is 0.971 bits per heavy atom. The van der Waals surface area contributed by atoms with Crippen LogP contribution in [0.5, 0.6) is 11.5 Å². The minimum absolute atomic E-state index is 0.102. The van der Waals surface area contributed by atoms with E-state index in [9.17, 15) is 14.9 Å². The number of carbonyl (C=O) groups excluding carboxylic acids is 2. The average molecular weight is 470 g/mol. The summed E-state index contributed by atoms with van der Waals surface area (Å²) in [6.07, 6.45) is 1.43. The lowest BCUT2D eigenvalue weighted by molar-refractivity contribution is -0.118. The number of aryl methyl sites for hydroxylation is 2. The number of rotatable bonds is 9. The number of benzene rings is 3. The molecule has 0 aliphatic heterocycles. The predicted molar refractivity (Wildman–Crippen MR) is 136 cm³/mol. The third-order valence-corrected chi connectivity index (χ3v) is 5.03. The van der Waals surface area contributed by atoms with E-state index >= 15 is 0 Å². The predicted octanol–water partition coefficient (Wildman–Crippen LogP) is 5.27. The van der Waals surface area contributed by atoms with Crippen LogP contribution in [0.2, 0.25) is 0 Å². The Balaban J connectivity index is 1.68. The average Bonchev–Trinajstić information content (AvgIpc) is 2.85. The first-order chi connectivity index (χ1) is 16.9. The first-order valence-corrected chi connectivity index (χ1v) is 11.1. The van der Waals surface area contributed by atoms with Crippen molar-refractivity contribution in [2.75, 3.05) is 23.8 Å². The molecule has 0 atom stereocenters. The first kappa shape index (κ1) is 25.1. The van der Waals surface area contributed by atoms with E-state index in [1.54, 1.807) is 48.5 Å². The molecular weight excluding hydrogens is 442 g/mol. The lowest BCUT2D eigenvalue weighted by Gasteiger charge is -2.12. The number of carbonyl (C=O) groups is 2. The number of nitriles is 1. The molecule has 3 aromatic rings. The zero-order valence-electron chi connectivity index (χ0n) is 19.9. The van der Waals surface area contributed by atoms with Crippen molar-refractivity contribution in [2.24, 2.45) is 0 Å². The van der Waals surface area contributed by atoms with Gasteiger partial charge in [0.2, 0.25) is 0 Å². The van der Waals surface area contributed by atoms with Crippen molar-refractivity contribution >= 4 is 29.3 Å². The number of hydrogen-bond donors (Lipinski definition) is 2. The van der Waals surface area contributed by atoms with Gasteiger partial charge in [-0.2, -0.15) is 5.26 Å². The van der Waals surface area contributed by atoms with Gasteiger partial charge in [0.15, 0.2) is 6.61 Å². The summed E-state index contributed by atoms with van der Waals surface area (Å²) >= 11 is 0. The molecule has 0 saturated carbocycles. The molecule has 178 valence electrons. The molecule has 0 fully saturated rings. The van der Waals surface area contributed by atoms with Gasteiger partial charge in [0, 0.05) is 16.9 Å². The number of nitrogens with one attached hydrogen (secondary N) is 2. The lowest BCUT2D eigenvalue weighted by atomic mass is 10.1. The van der Waals surface area contributed by atoms with Crippen molar-refractivity contribution in [1.82, 2.24) is 0 Å². The van der Waals surface area contributed by atoms with E-state index in [4.69, 9.17) is 9.47 Å². The van der Waals surface area contributed by atoms with Crippen LogP contribution in [0.1, 0.15) is 23.6 Å². The van der Waals surface area contributed by atoms with E-state index in [1.165, 1.54) is 6.08 Å². The van der Waals surface area contributed by atoms with Crippen LogP contribution in [0.4, 0.5) is 11.4 Å². The number of anilines is 2. The van der Waals surface area contributed by atoms with Gasteiger partial charge < -0.3 is 20.1 Å². The van der Waals surface area contributed by atoms with Gasteiger partial charge in [-0.1, -0.05) is 30.3 Å². The molecule has 0 aliphatic rings. The molecule has 3 aromatic carbocycles. The van der Waals surface area contributed by atoms with E-state index < -0.39 is 5.91 Å². The van der Waals surface area contributed by atoms with Crippen molar-refractivity contribution in [3.63, 3.8) is 0 Å². The molecule has 0 aliphatic carbocycles. The standard InChI is InChI=1S/C28H27N3O4/c1-4-34-24-13-11-23(12-14-24)30-28(33)22(17-29)16-21-7-5-6-8-26(21)35-18-27(32)31-25-15-19(2)9-10-20(25)3/h5-16H,4,18H2,1-3H3,(H,30,33)(H,31,32)/b22-16+. The summed E-state index contributed by atoms with van der Waals surface area (Å²) in [4.78, 5) is 25.1. The molecule has 0 aromatic heterocycles.